The average molecular weight is 325 g/mol. The quantitative estimate of drug-likeness (QED) is 0.797. The van der Waals surface area contributed by atoms with Crippen LogP contribution in [0.3, 0.4) is 0 Å². The zero-order chi connectivity index (χ0) is 15.9. The molecule has 1 amide bonds. The second-order valence-corrected chi connectivity index (χ2v) is 7.17. The van der Waals surface area contributed by atoms with E-state index in [2.05, 4.69) is 42.5 Å². The highest BCUT2D eigenvalue weighted by Crippen LogP contribution is 2.25. The van der Waals surface area contributed by atoms with Crippen LogP contribution in [0.15, 0.2) is 17.5 Å². The zero-order valence-corrected chi connectivity index (χ0v) is 14.5. The van der Waals surface area contributed by atoms with Crippen molar-refractivity contribution in [2.24, 2.45) is 5.92 Å². The summed E-state index contributed by atoms with van der Waals surface area (Å²) in [4.78, 5) is 15.6. The summed E-state index contributed by atoms with van der Waals surface area (Å²) >= 11 is 1.69. The number of carbonyl (C=O) groups is 1. The number of nitrogens with zero attached hydrogens (tertiary/aromatic N) is 1. The van der Waals surface area contributed by atoms with Crippen LogP contribution < -0.4 is 10.6 Å². The fourth-order valence-corrected chi connectivity index (χ4v) is 3.55. The molecule has 0 radical (unpaired) electrons. The highest BCUT2D eigenvalue weighted by atomic mass is 32.1. The molecule has 1 aromatic rings. The molecule has 1 saturated heterocycles. The summed E-state index contributed by atoms with van der Waals surface area (Å²) in [6, 6.07) is 4.19. The first-order valence-corrected chi connectivity index (χ1v) is 8.78. The Morgan fingerprint density at radius 3 is 3.00 bits per heavy atom. The number of likely N-dealkylation sites (N-methyl/N-ethyl adjacent to an activating group) is 1. The molecular formula is C16H27N3O2S. The van der Waals surface area contributed by atoms with Gasteiger partial charge in [-0.3, -0.25) is 4.79 Å². The van der Waals surface area contributed by atoms with Crippen LogP contribution in [0.2, 0.25) is 0 Å². The number of carbonyl (C=O) groups excluding carboxylic acids is 1. The summed E-state index contributed by atoms with van der Waals surface area (Å²) in [5.74, 6) is 0.411. The highest BCUT2D eigenvalue weighted by Gasteiger charge is 2.20. The molecule has 6 heteroatoms. The summed E-state index contributed by atoms with van der Waals surface area (Å²) in [6.07, 6.45) is 0.171. The van der Waals surface area contributed by atoms with Crippen LogP contribution in [0.4, 0.5) is 0 Å². The summed E-state index contributed by atoms with van der Waals surface area (Å²) in [5, 5.41) is 8.38. The van der Waals surface area contributed by atoms with Gasteiger partial charge in [0.15, 0.2) is 0 Å². The molecular weight excluding hydrogens is 298 g/mol. The van der Waals surface area contributed by atoms with Crippen molar-refractivity contribution in [1.82, 2.24) is 15.5 Å². The number of amides is 1. The monoisotopic (exact) mass is 325 g/mol. The van der Waals surface area contributed by atoms with Gasteiger partial charge in [-0.1, -0.05) is 19.9 Å². The summed E-state index contributed by atoms with van der Waals surface area (Å²) < 4.78 is 5.67. The van der Waals surface area contributed by atoms with E-state index in [1.807, 2.05) is 11.4 Å². The van der Waals surface area contributed by atoms with Gasteiger partial charge in [0.1, 0.15) is 0 Å². The number of hydrogen-bond acceptors (Lipinski definition) is 5. The molecule has 5 nitrogen and oxygen atoms in total. The standard InChI is InChI=1S/C16H27N3O2S/c1-12(2)16(14-5-4-8-22-14)18-15(20)10-17-9-13-11-19(3)6-7-21-13/h4-5,8,12-13,16-17H,6-7,9-11H2,1-3H3,(H,18,20). The summed E-state index contributed by atoms with van der Waals surface area (Å²) in [6.45, 7) is 7.96. The molecule has 0 bridgehead atoms. The van der Waals surface area contributed by atoms with Gasteiger partial charge in [-0.2, -0.15) is 0 Å². The third kappa shape index (κ3) is 5.35. The van der Waals surface area contributed by atoms with Crippen LogP contribution in [-0.2, 0) is 9.53 Å². The molecule has 1 aliphatic rings. The number of rotatable bonds is 7. The lowest BCUT2D eigenvalue weighted by Gasteiger charge is -2.30. The number of thiophene rings is 1. The second-order valence-electron chi connectivity index (χ2n) is 6.19. The van der Waals surface area contributed by atoms with Gasteiger partial charge in [0.05, 0.1) is 25.3 Å². The molecule has 1 aromatic heterocycles. The van der Waals surface area contributed by atoms with Gasteiger partial charge in [0, 0.05) is 24.5 Å². The molecule has 22 heavy (non-hydrogen) atoms. The predicted octanol–water partition coefficient (Wildman–Crippen LogP) is 1.48. The lowest BCUT2D eigenvalue weighted by atomic mass is 10.0. The third-order valence-electron chi connectivity index (χ3n) is 3.83. The van der Waals surface area contributed by atoms with Crippen molar-refractivity contribution in [3.63, 3.8) is 0 Å². The molecule has 2 N–H and O–H groups in total. The number of nitrogens with one attached hydrogen (secondary N) is 2. The smallest absolute Gasteiger partial charge is 0.234 e. The van der Waals surface area contributed by atoms with Gasteiger partial charge >= 0.3 is 0 Å². The van der Waals surface area contributed by atoms with Crippen molar-refractivity contribution in [3.8, 4) is 0 Å². The van der Waals surface area contributed by atoms with Gasteiger partial charge in [0.2, 0.25) is 5.91 Å². The van der Waals surface area contributed by atoms with Gasteiger partial charge in [-0.25, -0.2) is 0 Å². The van der Waals surface area contributed by atoms with E-state index in [4.69, 9.17) is 4.74 Å². The molecule has 2 unspecified atom stereocenters. The third-order valence-corrected chi connectivity index (χ3v) is 4.79. The normalized spacial score (nSPS) is 21.0. The minimum Gasteiger partial charge on any atom is -0.374 e. The Labute approximate surface area is 137 Å². The van der Waals surface area contributed by atoms with Crippen LogP contribution in [0, 0.1) is 5.92 Å². The molecule has 0 saturated carbocycles. The molecule has 0 aromatic carbocycles. The van der Waals surface area contributed by atoms with Crippen molar-refractivity contribution in [1.29, 1.82) is 0 Å². The fraction of sp³-hybridized carbons (Fsp3) is 0.688. The number of morpholine rings is 1. The highest BCUT2D eigenvalue weighted by molar-refractivity contribution is 7.10. The Balaban J connectivity index is 1.72. The molecule has 124 valence electrons. The molecule has 1 aliphatic heterocycles. The average Bonchev–Trinajstić information content (AvgIpc) is 2.98. The Kier molecular flexibility index (Phi) is 6.82. The van der Waals surface area contributed by atoms with E-state index in [0.29, 0.717) is 19.0 Å². The largest absolute Gasteiger partial charge is 0.374 e. The first-order chi connectivity index (χ1) is 10.6. The Hall–Kier alpha value is -0.950. The summed E-state index contributed by atoms with van der Waals surface area (Å²) in [5.41, 5.74) is 0. The SMILES string of the molecule is CC(C)C(NC(=O)CNCC1CN(C)CCO1)c1cccs1. The molecule has 2 rings (SSSR count). The number of hydrogen-bond donors (Lipinski definition) is 2. The van der Waals surface area contributed by atoms with E-state index < -0.39 is 0 Å². The van der Waals surface area contributed by atoms with Gasteiger partial charge in [0.25, 0.3) is 0 Å². The molecule has 0 aliphatic carbocycles. The van der Waals surface area contributed by atoms with Crippen LogP contribution in [0.1, 0.15) is 24.8 Å². The Morgan fingerprint density at radius 2 is 2.36 bits per heavy atom. The maximum atomic E-state index is 12.1. The van der Waals surface area contributed by atoms with E-state index in [-0.39, 0.29) is 18.1 Å². The van der Waals surface area contributed by atoms with Gasteiger partial charge in [-0.15, -0.1) is 11.3 Å². The van der Waals surface area contributed by atoms with Gasteiger partial charge in [-0.05, 0) is 24.4 Å². The summed E-state index contributed by atoms with van der Waals surface area (Å²) in [7, 11) is 2.09. The maximum absolute atomic E-state index is 12.1. The lowest BCUT2D eigenvalue weighted by molar-refractivity contribution is -0.121. The van der Waals surface area contributed by atoms with Crippen LogP contribution in [0.25, 0.3) is 0 Å². The minimum atomic E-state index is 0.0382. The lowest BCUT2D eigenvalue weighted by Crippen LogP contribution is -2.46. The van der Waals surface area contributed by atoms with Crippen molar-refractivity contribution >= 4 is 17.2 Å². The number of ether oxygens (including phenoxy) is 1. The van der Waals surface area contributed by atoms with E-state index in [0.717, 1.165) is 19.7 Å². The van der Waals surface area contributed by atoms with E-state index in [9.17, 15) is 4.79 Å². The van der Waals surface area contributed by atoms with E-state index in [1.54, 1.807) is 11.3 Å². The minimum absolute atomic E-state index is 0.0382. The molecule has 2 atom stereocenters. The van der Waals surface area contributed by atoms with Crippen molar-refractivity contribution < 1.29 is 9.53 Å². The molecule has 0 spiro atoms. The van der Waals surface area contributed by atoms with Crippen molar-refractivity contribution in [2.75, 3.05) is 39.8 Å². The molecule has 1 fully saturated rings. The Bertz CT molecular complexity index is 450. The van der Waals surface area contributed by atoms with Crippen LogP contribution in [0.5, 0.6) is 0 Å². The van der Waals surface area contributed by atoms with Crippen LogP contribution in [-0.4, -0.2) is 56.7 Å². The zero-order valence-electron chi connectivity index (χ0n) is 13.7. The molecule has 2 heterocycles. The maximum Gasteiger partial charge on any atom is 0.234 e. The van der Waals surface area contributed by atoms with Crippen molar-refractivity contribution in [2.45, 2.75) is 26.0 Å². The fourth-order valence-electron chi connectivity index (χ4n) is 2.60. The van der Waals surface area contributed by atoms with Crippen LogP contribution >= 0.6 is 11.3 Å². The first kappa shape index (κ1) is 17.4. The first-order valence-electron chi connectivity index (χ1n) is 7.90. The second kappa shape index (κ2) is 8.62. The topological polar surface area (TPSA) is 53.6 Å². The van der Waals surface area contributed by atoms with E-state index in [1.165, 1.54) is 4.88 Å². The van der Waals surface area contributed by atoms with Gasteiger partial charge < -0.3 is 20.3 Å². The predicted molar refractivity (Wildman–Crippen MR) is 90.1 cm³/mol. The Morgan fingerprint density at radius 1 is 1.55 bits per heavy atom. The van der Waals surface area contributed by atoms with E-state index >= 15 is 0 Å². The van der Waals surface area contributed by atoms with Crippen molar-refractivity contribution in [3.05, 3.63) is 22.4 Å².